The van der Waals surface area contributed by atoms with E-state index in [0.717, 1.165) is 0 Å². The molecule has 0 aliphatic heterocycles. The standard InChI is InChI=1S/4C7H7.Pd/c4*1-7-5-3-2-4-6-7;/h4*3-6H,1H3;/q4*-1;. The van der Waals surface area contributed by atoms with Crippen molar-refractivity contribution in [1.82, 2.24) is 0 Å². The van der Waals surface area contributed by atoms with Gasteiger partial charge in [-0.05, 0) is 0 Å². The zero-order chi connectivity index (χ0) is 20.5. The summed E-state index contributed by atoms with van der Waals surface area (Å²) in [5.74, 6) is 0. The van der Waals surface area contributed by atoms with E-state index in [1.807, 2.05) is 97.1 Å². The Balaban J connectivity index is 0.000000356. The van der Waals surface area contributed by atoms with E-state index in [1.165, 1.54) is 22.3 Å². The molecule has 1 heteroatoms. The predicted octanol–water partition coefficient (Wildman–Crippen LogP) is 7.18. The Hall–Kier alpha value is -2.46. The molecule has 29 heavy (non-hydrogen) atoms. The molecule has 0 saturated carbocycles. The Morgan fingerprint density at radius 3 is 0.552 bits per heavy atom. The largest absolute Gasteiger partial charge is 0.184 e. The van der Waals surface area contributed by atoms with Gasteiger partial charge in [-0.15, -0.1) is 0 Å². The summed E-state index contributed by atoms with van der Waals surface area (Å²) in [7, 11) is 0. The van der Waals surface area contributed by atoms with Gasteiger partial charge in [-0.3, -0.25) is 0 Å². The molecule has 0 amide bonds. The van der Waals surface area contributed by atoms with Crippen LogP contribution in [0.15, 0.2) is 97.1 Å². The van der Waals surface area contributed by atoms with Crippen LogP contribution in [-0.4, -0.2) is 0 Å². The van der Waals surface area contributed by atoms with Crippen LogP contribution < -0.4 is 0 Å². The van der Waals surface area contributed by atoms with Crippen LogP contribution in [0, 0.1) is 52.0 Å². The summed E-state index contributed by atoms with van der Waals surface area (Å²) in [4.78, 5) is 0. The summed E-state index contributed by atoms with van der Waals surface area (Å²) in [6, 6.07) is 43.3. The van der Waals surface area contributed by atoms with E-state index in [0.29, 0.717) is 0 Å². The molecule has 0 aliphatic rings. The van der Waals surface area contributed by atoms with Gasteiger partial charge in [0.25, 0.3) is 0 Å². The molecule has 0 aliphatic carbocycles. The molecule has 0 radical (unpaired) electrons. The van der Waals surface area contributed by atoms with Gasteiger partial charge in [-0.1, -0.05) is 27.7 Å². The van der Waals surface area contributed by atoms with E-state index >= 15 is 0 Å². The molecule has 0 spiro atoms. The topological polar surface area (TPSA) is 0 Å². The second-order valence-corrected chi connectivity index (χ2v) is 6.31. The van der Waals surface area contributed by atoms with Gasteiger partial charge in [-0.25, -0.2) is 0 Å². The molecule has 4 aromatic carbocycles. The second-order valence-electron chi connectivity index (χ2n) is 6.31. The van der Waals surface area contributed by atoms with Crippen LogP contribution in [0.3, 0.4) is 0 Å². The molecular weight excluding hydrogens is 443 g/mol. The fourth-order valence-electron chi connectivity index (χ4n) is 1.88. The Morgan fingerprint density at radius 1 is 0.345 bits per heavy atom. The maximum absolute atomic E-state index is 2.93. The van der Waals surface area contributed by atoms with Crippen molar-refractivity contribution in [3.63, 3.8) is 0 Å². The maximum atomic E-state index is 2.93. The first-order valence-corrected chi connectivity index (χ1v) is 9.29. The summed E-state index contributed by atoms with van der Waals surface area (Å²) in [6.07, 6.45) is 0. The van der Waals surface area contributed by atoms with E-state index in [2.05, 4.69) is 52.0 Å². The molecule has 4 rings (SSSR count). The monoisotopic (exact) mass is 470 g/mol. The van der Waals surface area contributed by atoms with Crippen molar-refractivity contribution in [3.8, 4) is 0 Å². The van der Waals surface area contributed by atoms with Gasteiger partial charge in [0.15, 0.2) is 0 Å². The van der Waals surface area contributed by atoms with Gasteiger partial charge in [0.1, 0.15) is 0 Å². The van der Waals surface area contributed by atoms with Crippen molar-refractivity contribution in [2.24, 2.45) is 0 Å². The van der Waals surface area contributed by atoms with E-state index < -0.39 is 0 Å². The number of hydrogen-bond donors (Lipinski definition) is 0. The average Bonchev–Trinajstić information content (AvgIpc) is 2.72. The Bertz CT molecular complexity index is 676. The van der Waals surface area contributed by atoms with Crippen molar-refractivity contribution >= 4 is 0 Å². The van der Waals surface area contributed by atoms with Gasteiger partial charge < -0.3 is 0 Å². The van der Waals surface area contributed by atoms with Crippen molar-refractivity contribution in [2.75, 3.05) is 0 Å². The second kappa shape index (κ2) is 17.6. The van der Waals surface area contributed by atoms with Gasteiger partial charge in [0.2, 0.25) is 0 Å². The van der Waals surface area contributed by atoms with Crippen LogP contribution in [0.25, 0.3) is 0 Å². The maximum Gasteiger partial charge on any atom is 0 e. The third-order valence-electron chi connectivity index (χ3n) is 3.54. The van der Waals surface area contributed by atoms with Crippen LogP contribution in [0.2, 0.25) is 0 Å². The van der Waals surface area contributed by atoms with E-state index in [9.17, 15) is 0 Å². The molecule has 0 bridgehead atoms. The predicted molar refractivity (Wildman–Crippen MR) is 120 cm³/mol. The van der Waals surface area contributed by atoms with Crippen LogP contribution in [0.1, 0.15) is 22.3 Å². The van der Waals surface area contributed by atoms with Crippen LogP contribution in [0.4, 0.5) is 0 Å². The number of aryl methyl sites for hydroxylation is 4. The summed E-state index contributed by atoms with van der Waals surface area (Å²) in [6.45, 7) is 8.25. The summed E-state index contributed by atoms with van der Waals surface area (Å²) in [5, 5.41) is 0. The molecular formula is C28H28Pd-4. The van der Waals surface area contributed by atoms with Gasteiger partial charge >= 0.3 is 0 Å². The van der Waals surface area contributed by atoms with E-state index in [1.54, 1.807) is 0 Å². The van der Waals surface area contributed by atoms with Crippen molar-refractivity contribution in [3.05, 3.63) is 144 Å². The molecule has 0 unspecified atom stereocenters. The summed E-state index contributed by atoms with van der Waals surface area (Å²) < 4.78 is 0. The first-order chi connectivity index (χ1) is 13.6. The van der Waals surface area contributed by atoms with Crippen molar-refractivity contribution in [2.45, 2.75) is 27.7 Å². The van der Waals surface area contributed by atoms with Gasteiger partial charge in [0.05, 0.1) is 0 Å². The fraction of sp³-hybridized carbons (Fsp3) is 0.143. The van der Waals surface area contributed by atoms with E-state index in [4.69, 9.17) is 0 Å². The van der Waals surface area contributed by atoms with Crippen molar-refractivity contribution in [1.29, 1.82) is 0 Å². The first kappa shape index (κ1) is 26.5. The molecule has 0 heterocycles. The number of rotatable bonds is 0. The Kier molecular flexibility index (Phi) is 16.1. The first-order valence-electron chi connectivity index (χ1n) is 9.29. The quantitative estimate of drug-likeness (QED) is 0.189. The zero-order valence-electron chi connectivity index (χ0n) is 17.6. The smallest absolute Gasteiger partial charge is 0 e. The molecule has 0 aromatic heterocycles. The van der Waals surface area contributed by atoms with Gasteiger partial charge in [0, 0.05) is 20.4 Å². The van der Waals surface area contributed by atoms with Crippen LogP contribution in [-0.2, 0) is 20.4 Å². The average molecular weight is 471 g/mol. The van der Waals surface area contributed by atoms with E-state index in [-0.39, 0.29) is 20.4 Å². The molecule has 0 atom stereocenters. The SMILES string of the molecule is Cc1cc[c-]cc1.Cc1cc[c-]cc1.Cc1cc[c-]cc1.Cc1cc[c-]cc1.[Pd]. The zero-order valence-corrected chi connectivity index (χ0v) is 19.1. The van der Waals surface area contributed by atoms with Crippen LogP contribution >= 0.6 is 0 Å². The molecule has 0 saturated heterocycles. The number of hydrogen-bond acceptors (Lipinski definition) is 0. The molecule has 0 fully saturated rings. The Labute approximate surface area is 191 Å². The molecule has 0 nitrogen and oxygen atoms in total. The molecule has 4 aromatic rings. The minimum absolute atomic E-state index is 0. The van der Waals surface area contributed by atoms with Crippen LogP contribution in [0.5, 0.6) is 0 Å². The minimum atomic E-state index is 0. The Morgan fingerprint density at radius 2 is 0.483 bits per heavy atom. The number of benzene rings is 4. The minimum Gasteiger partial charge on any atom is -0.184 e. The fourth-order valence-corrected chi connectivity index (χ4v) is 1.88. The summed E-state index contributed by atoms with van der Waals surface area (Å²) >= 11 is 0. The third kappa shape index (κ3) is 16.2. The molecule has 0 N–H and O–H groups in total. The summed E-state index contributed by atoms with van der Waals surface area (Å²) in [5.41, 5.74) is 5.16. The molecule has 154 valence electrons. The normalized spacial score (nSPS) is 8.41. The third-order valence-corrected chi connectivity index (χ3v) is 3.54. The van der Waals surface area contributed by atoms with Crippen molar-refractivity contribution < 1.29 is 20.4 Å². The van der Waals surface area contributed by atoms with Gasteiger partial charge in [-0.2, -0.15) is 144 Å².